The number of hydrogen-bond donors (Lipinski definition) is 0. The van der Waals surface area contributed by atoms with Gasteiger partial charge in [0, 0.05) is 0 Å². The standard InChI is InChI=1S/C9H12N2/c1-2-9-5-8(6-10-11-9)7-3-4-7/h5-7H,2-4H2,1H3. The zero-order valence-corrected chi connectivity index (χ0v) is 6.75. The van der Waals surface area contributed by atoms with Crippen molar-refractivity contribution in [1.82, 2.24) is 10.2 Å². The summed E-state index contributed by atoms with van der Waals surface area (Å²) in [5.74, 6) is 0.802. The van der Waals surface area contributed by atoms with Gasteiger partial charge in [-0.2, -0.15) is 10.2 Å². The van der Waals surface area contributed by atoms with Gasteiger partial charge in [0.1, 0.15) is 0 Å². The molecule has 1 aliphatic carbocycles. The van der Waals surface area contributed by atoms with E-state index in [0.717, 1.165) is 18.0 Å². The molecule has 2 nitrogen and oxygen atoms in total. The normalized spacial score (nSPS) is 16.8. The van der Waals surface area contributed by atoms with Gasteiger partial charge in [-0.1, -0.05) is 6.92 Å². The Morgan fingerprint density at radius 2 is 2.36 bits per heavy atom. The molecule has 2 heteroatoms. The summed E-state index contributed by atoms with van der Waals surface area (Å²) in [7, 11) is 0. The van der Waals surface area contributed by atoms with Crippen molar-refractivity contribution in [2.75, 3.05) is 0 Å². The van der Waals surface area contributed by atoms with Crippen LogP contribution in [0.4, 0.5) is 0 Å². The fourth-order valence-corrected chi connectivity index (χ4v) is 1.24. The first-order valence-electron chi connectivity index (χ1n) is 4.21. The van der Waals surface area contributed by atoms with E-state index in [2.05, 4.69) is 23.2 Å². The molecule has 0 amide bonds. The molecule has 0 saturated heterocycles. The van der Waals surface area contributed by atoms with E-state index in [1.807, 2.05) is 6.20 Å². The third kappa shape index (κ3) is 1.39. The minimum Gasteiger partial charge on any atom is -0.159 e. The fourth-order valence-electron chi connectivity index (χ4n) is 1.24. The lowest BCUT2D eigenvalue weighted by molar-refractivity contribution is 0.892. The number of aromatic nitrogens is 2. The van der Waals surface area contributed by atoms with E-state index in [1.165, 1.54) is 18.4 Å². The van der Waals surface area contributed by atoms with Gasteiger partial charge in [-0.3, -0.25) is 0 Å². The lowest BCUT2D eigenvalue weighted by Crippen LogP contribution is -1.92. The fraction of sp³-hybridized carbons (Fsp3) is 0.556. The SMILES string of the molecule is CCc1cc(C2CC2)cnn1. The van der Waals surface area contributed by atoms with Crippen LogP contribution in [0.1, 0.15) is 36.9 Å². The molecule has 58 valence electrons. The van der Waals surface area contributed by atoms with Crippen LogP contribution in [0.3, 0.4) is 0 Å². The Morgan fingerprint density at radius 3 is 3.00 bits per heavy atom. The number of rotatable bonds is 2. The van der Waals surface area contributed by atoms with Gasteiger partial charge in [0.15, 0.2) is 0 Å². The first-order valence-corrected chi connectivity index (χ1v) is 4.21. The van der Waals surface area contributed by atoms with Gasteiger partial charge in [-0.25, -0.2) is 0 Å². The maximum absolute atomic E-state index is 4.02. The molecule has 11 heavy (non-hydrogen) atoms. The third-order valence-corrected chi connectivity index (χ3v) is 2.14. The molecule has 1 heterocycles. The van der Waals surface area contributed by atoms with E-state index >= 15 is 0 Å². The highest BCUT2D eigenvalue weighted by molar-refractivity contribution is 5.21. The highest BCUT2D eigenvalue weighted by atomic mass is 15.1. The predicted octanol–water partition coefficient (Wildman–Crippen LogP) is 1.92. The molecule has 1 aromatic rings. The summed E-state index contributed by atoms with van der Waals surface area (Å²) in [6.45, 7) is 2.11. The maximum atomic E-state index is 4.02. The first kappa shape index (κ1) is 6.77. The van der Waals surface area contributed by atoms with Crippen LogP contribution < -0.4 is 0 Å². The Bertz CT molecular complexity index is 253. The van der Waals surface area contributed by atoms with Crippen LogP contribution >= 0.6 is 0 Å². The monoisotopic (exact) mass is 148 g/mol. The van der Waals surface area contributed by atoms with Crippen LogP contribution in [0.2, 0.25) is 0 Å². The van der Waals surface area contributed by atoms with E-state index in [4.69, 9.17) is 0 Å². The molecule has 1 saturated carbocycles. The van der Waals surface area contributed by atoms with Gasteiger partial charge in [-0.15, -0.1) is 0 Å². The smallest absolute Gasteiger partial charge is 0.0631 e. The van der Waals surface area contributed by atoms with E-state index in [-0.39, 0.29) is 0 Å². The van der Waals surface area contributed by atoms with E-state index in [0.29, 0.717) is 0 Å². The summed E-state index contributed by atoms with van der Waals surface area (Å²) in [5, 5.41) is 7.98. The van der Waals surface area contributed by atoms with Gasteiger partial charge >= 0.3 is 0 Å². The average molecular weight is 148 g/mol. The van der Waals surface area contributed by atoms with Crippen molar-refractivity contribution in [3.63, 3.8) is 0 Å². The molecule has 0 atom stereocenters. The van der Waals surface area contributed by atoms with Crippen molar-refractivity contribution < 1.29 is 0 Å². The van der Waals surface area contributed by atoms with Crippen molar-refractivity contribution in [1.29, 1.82) is 0 Å². The predicted molar refractivity (Wildman–Crippen MR) is 43.4 cm³/mol. The van der Waals surface area contributed by atoms with E-state index < -0.39 is 0 Å². The molecule has 1 fully saturated rings. The summed E-state index contributed by atoms with van der Waals surface area (Å²) in [6, 6.07) is 2.19. The summed E-state index contributed by atoms with van der Waals surface area (Å²) >= 11 is 0. The molecule has 1 aliphatic rings. The number of aryl methyl sites for hydroxylation is 1. The minimum absolute atomic E-state index is 0.802. The first-order chi connectivity index (χ1) is 5.40. The summed E-state index contributed by atoms with van der Waals surface area (Å²) < 4.78 is 0. The minimum atomic E-state index is 0.802. The molecule has 0 bridgehead atoms. The van der Waals surface area contributed by atoms with Crippen LogP contribution in [-0.4, -0.2) is 10.2 Å². The van der Waals surface area contributed by atoms with Crippen molar-refractivity contribution in [2.24, 2.45) is 0 Å². The quantitative estimate of drug-likeness (QED) is 0.640. The highest BCUT2D eigenvalue weighted by Crippen LogP contribution is 2.39. The molecular formula is C9H12N2. The molecule has 0 N–H and O–H groups in total. The number of nitrogens with zero attached hydrogens (tertiary/aromatic N) is 2. The van der Waals surface area contributed by atoms with Gasteiger partial charge < -0.3 is 0 Å². The van der Waals surface area contributed by atoms with Crippen molar-refractivity contribution in [3.8, 4) is 0 Å². The van der Waals surface area contributed by atoms with Crippen molar-refractivity contribution in [3.05, 3.63) is 23.5 Å². The Labute approximate surface area is 66.7 Å². The topological polar surface area (TPSA) is 25.8 Å². The largest absolute Gasteiger partial charge is 0.159 e. The molecule has 0 aliphatic heterocycles. The molecule has 0 aromatic carbocycles. The van der Waals surface area contributed by atoms with E-state index in [1.54, 1.807) is 0 Å². The number of hydrogen-bond acceptors (Lipinski definition) is 2. The lowest BCUT2D eigenvalue weighted by Gasteiger charge is -1.97. The molecular weight excluding hydrogens is 136 g/mol. The van der Waals surface area contributed by atoms with Gasteiger partial charge in [0.2, 0.25) is 0 Å². The Morgan fingerprint density at radius 1 is 1.55 bits per heavy atom. The molecule has 0 spiro atoms. The second-order valence-electron chi connectivity index (χ2n) is 3.11. The molecule has 0 radical (unpaired) electrons. The summed E-state index contributed by atoms with van der Waals surface area (Å²) in [6.07, 6.45) is 5.58. The highest BCUT2D eigenvalue weighted by Gasteiger charge is 2.23. The van der Waals surface area contributed by atoms with Crippen molar-refractivity contribution in [2.45, 2.75) is 32.1 Å². The zero-order valence-electron chi connectivity index (χ0n) is 6.75. The van der Waals surface area contributed by atoms with Gasteiger partial charge in [0.25, 0.3) is 0 Å². The second kappa shape index (κ2) is 2.61. The van der Waals surface area contributed by atoms with Crippen LogP contribution in [-0.2, 0) is 6.42 Å². The van der Waals surface area contributed by atoms with Crippen LogP contribution in [0.15, 0.2) is 12.3 Å². The maximum Gasteiger partial charge on any atom is 0.0631 e. The van der Waals surface area contributed by atoms with Crippen LogP contribution in [0, 0.1) is 0 Å². The average Bonchev–Trinajstić information content (AvgIpc) is 2.87. The Hall–Kier alpha value is -0.920. The van der Waals surface area contributed by atoms with Crippen molar-refractivity contribution >= 4 is 0 Å². The molecule has 0 unspecified atom stereocenters. The lowest BCUT2D eigenvalue weighted by atomic mass is 10.1. The third-order valence-electron chi connectivity index (χ3n) is 2.14. The van der Waals surface area contributed by atoms with Gasteiger partial charge in [-0.05, 0) is 36.8 Å². The Kier molecular flexibility index (Phi) is 1.60. The zero-order chi connectivity index (χ0) is 7.68. The van der Waals surface area contributed by atoms with Gasteiger partial charge in [0.05, 0.1) is 11.9 Å². The molecule has 2 rings (SSSR count). The summed E-state index contributed by atoms with van der Waals surface area (Å²) in [4.78, 5) is 0. The van der Waals surface area contributed by atoms with E-state index in [9.17, 15) is 0 Å². The van der Waals surface area contributed by atoms with Crippen LogP contribution in [0.5, 0.6) is 0 Å². The van der Waals surface area contributed by atoms with Crippen LogP contribution in [0.25, 0.3) is 0 Å². The molecule has 1 aromatic heterocycles. The second-order valence-corrected chi connectivity index (χ2v) is 3.11. The summed E-state index contributed by atoms with van der Waals surface area (Å²) in [5.41, 5.74) is 2.51. The Balaban J connectivity index is 2.26.